The van der Waals surface area contributed by atoms with Crippen molar-refractivity contribution in [3.63, 3.8) is 0 Å². The Morgan fingerprint density at radius 3 is 2.13 bits per heavy atom. The van der Waals surface area contributed by atoms with Crippen LogP contribution in [0.5, 0.6) is 0 Å². The van der Waals surface area contributed by atoms with E-state index in [4.69, 9.17) is 0 Å². The van der Waals surface area contributed by atoms with Crippen LogP contribution in [0.4, 0.5) is 15.8 Å². The number of halogens is 1. The van der Waals surface area contributed by atoms with Crippen molar-refractivity contribution in [1.82, 2.24) is 15.3 Å². The van der Waals surface area contributed by atoms with E-state index in [0.29, 0.717) is 24.9 Å². The van der Waals surface area contributed by atoms with Gasteiger partial charge in [-0.3, -0.25) is 9.59 Å². The summed E-state index contributed by atoms with van der Waals surface area (Å²) in [5.41, 5.74) is 2.43. The highest BCUT2D eigenvalue weighted by Gasteiger charge is 2.50. The van der Waals surface area contributed by atoms with Crippen LogP contribution in [-0.2, 0) is 11.3 Å². The van der Waals surface area contributed by atoms with Gasteiger partial charge in [-0.05, 0) is 54.8 Å². The van der Waals surface area contributed by atoms with Gasteiger partial charge in [-0.2, -0.15) is 0 Å². The first-order valence-corrected chi connectivity index (χ1v) is 9.72. The Morgan fingerprint density at radius 2 is 1.53 bits per heavy atom. The Morgan fingerprint density at radius 1 is 0.933 bits per heavy atom. The second-order valence-electron chi connectivity index (χ2n) is 7.52. The Labute approximate surface area is 173 Å². The van der Waals surface area contributed by atoms with Crippen molar-refractivity contribution in [3.05, 3.63) is 84.2 Å². The van der Waals surface area contributed by atoms with Crippen LogP contribution in [0.15, 0.2) is 67.3 Å². The monoisotopic (exact) mass is 404 g/mol. The smallest absolute Gasteiger partial charge is 0.226 e. The predicted molar refractivity (Wildman–Crippen MR) is 111 cm³/mol. The zero-order valence-corrected chi connectivity index (χ0v) is 16.3. The van der Waals surface area contributed by atoms with Gasteiger partial charge in [0.15, 0.2) is 5.78 Å². The van der Waals surface area contributed by atoms with Crippen molar-refractivity contribution in [2.75, 3.05) is 5.32 Å². The summed E-state index contributed by atoms with van der Waals surface area (Å²) in [5.74, 6) is -0.487. The molecule has 3 aromatic rings. The summed E-state index contributed by atoms with van der Waals surface area (Å²) in [4.78, 5) is 32.8. The fraction of sp³-hybridized carbons (Fsp3) is 0.217. The Kier molecular flexibility index (Phi) is 5.52. The molecule has 4 rings (SSSR count). The molecule has 0 saturated heterocycles. The predicted octanol–water partition coefficient (Wildman–Crippen LogP) is 4.03. The number of Topliss-reactive ketones (excluding diaryl/α,β-unsaturated/α-hetero) is 1. The molecule has 1 aromatic heterocycles. The van der Waals surface area contributed by atoms with Crippen molar-refractivity contribution < 1.29 is 14.0 Å². The molecule has 6 nitrogen and oxygen atoms in total. The van der Waals surface area contributed by atoms with Crippen LogP contribution in [0.25, 0.3) is 0 Å². The molecule has 1 saturated carbocycles. The Hall–Kier alpha value is -3.61. The molecule has 1 amide bonds. The van der Waals surface area contributed by atoms with Crippen molar-refractivity contribution in [3.8, 4) is 0 Å². The van der Waals surface area contributed by atoms with Gasteiger partial charge < -0.3 is 10.6 Å². The topological polar surface area (TPSA) is 84.0 Å². The summed E-state index contributed by atoms with van der Waals surface area (Å²) in [6.45, 7) is 0.389. The molecule has 0 aliphatic heterocycles. The normalized spacial score (nSPS) is 14.0. The molecule has 0 spiro atoms. The van der Waals surface area contributed by atoms with Gasteiger partial charge in [-0.15, -0.1) is 0 Å². The first-order valence-electron chi connectivity index (χ1n) is 9.72. The minimum atomic E-state index is -0.614. The SMILES string of the molecule is O=C(CC1(C(=O)NCc2ccc(Nc3ccc(F)cc3)cc2)CC1)c1cncnc1. The lowest BCUT2D eigenvalue weighted by molar-refractivity contribution is -0.126. The van der Waals surface area contributed by atoms with Crippen molar-refractivity contribution in [2.24, 2.45) is 5.41 Å². The minimum Gasteiger partial charge on any atom is -0.356 e. The average molecular weight is 404 g/mol. The van der Waals surface area contributed by atoms with Crippen molar-refractivity contribution >= 4 is 23.1 Å². The maximum atomic E-state index is 13.0. The molecule has 7 heteroatoms. The number of hydrogen-bond donors (Lipinski definition) is 2. The lowest BCUT2D eigenvalue weighted by Crippen LogP contribution is -2.33. The van der Waals surface area contributed by atoms with E-state index in [-0.39, 0.29) is 23.9 Å². The van der Waals surface area contributed by atoms with Gasteiger partial charge in [0.1, 0.15) is 12.1 Å². The van der Waals surface area contributed by atoms with Crippen molar-refractivity contribution in [1.29, 1.82) is 0 Å². The van der Waals surface area contributed by atoms with E-state index in [1.54, 1.807) is 12.1 Å². The van der Waals surface area contributed by atoms with E-state index in [9.17, 15) is 14.0 Å². The molecule has 30 heavy (non-hydrogen) atoms. The number of benzene rings is 2. The number of nitrogens with zero attached hydrogens (tertiary/aromatic N) is 2. The maximum absolute atomic E-state index is 13.0. The van der Waals surface area contributed by atoms with Crippen LogP contribution in [0.3, 0.4) is 0 Å². The highest BCUT2D eigenvalue weighted by Crippen LogP contribution is 2.49. The fourth-order valence-corrected chi connectivity index (χ4v) is 3.26. The number of anilines is 2. The molecule has 0 atom stereocenters. The highest BCUT2D eigenvalue weighted by molar-refractivity contribution is 6.00. The third kappa shape index (κ3) is 4.68. The third-order valence-corrected chi connectivity index (χ3v) is 5.26. The number of hydrogen-bond acceptors (Lipinski definition) is 5. The molecule has 0 unspecified atom stereocenters. The summed E-state index contributed by atoms with van der Waals surface area (Å²) in [7, 11) is 0. The second kappa shape index (κ2) is 8.41. The standard InChI is InChI=1S/C23H21FN4O2/c24-18-3-7-20(8-4-18)28-19-5-1-16(2-6-19)12-27-22(30)23(9-10-23)11-21(29)17-13-25-15-26-14-17/h1-8,13-15,28H,9-12H2,(H,27,30). The van der Waals surface area contributed by atoms with Crippen LogP contribution in [0.2, 0.25) is 0 Å². The quantitative estimate of drug-likeness (QED) is 0.554. The lowest BCUT2D eigenvalue weighted by Gasteiger charge is -2.15. The van der Waals surface area contributed by atoms with Crippen LogP contribution in [-0.4, -0.2) is 21.7 Å². The van der Waals surface area contributed by atoms with E-state index in [0.717, 1.165) is 16.9 Å². The Balaban J connectivity index is 1.30. The van der Waals surface area contributed by atoms with Gasteiger partial charge in [-0.1, -0.05) is 12.1 Å². The average Bonchev–Trinajstić information content (AvgIpc) is 3.56. The summed E-state index contributed by atoms with van der Waals surface area (Å²) in [6, 6.07) is 13.8. The van der Waals surface area contributed by atoms with E-state index in [1.165, 1.54) is 30.9 Å². The van der Waals surface area contributed by atoms with Gasteiger partial charge in [0.2, 0.25) is 5.91 Å². The third-order valence-electron chi connectivity index (χ3n) is 5.26. The zero-order chi connectivity index (χ0) is 21.0. The van der Waals surface area contributed by atoms with E-state index >= 15 is 0 Å². The van der Waals surface area contributed by atoms with Crippen LogP contribution < -0.4 is 10.6 Å². The summed E-state index contributed by atoms with van der Waals surface area (Å²) in [5, 5.41) is 6.14. The van der Waals surface area contributed by atoms with E-state index in [1.807, 2.05) is 24.3 Å². The second-order valence-corrected chi connectivity index (χ2v) is 7.52. The van der Waals surface area contributed by atoms with Crippen LogP contribution in [0, 0.1) is 11.2 Å². The lowest BCUT2D eigenvalue weighted by atomic mass is 9.95. The molecule has 1 aliphatic rings. The summed E-state index contributed by atoms with van der Waals surface area (Å²) < 4.78 is 13.0. The maximum Gasteiger partial charge on any atom is 0.226 e. The molecule has 2 aromatic carbocycles. The summed E-state index contributed by atoms with van der Waals surface area (Å²) in [6.07, 6.45) is 5.91. The van der Waals surface area contributed by atoms with E-state index < -0.39 is 5.41 Å². The first kappa shape index (κ1) is 19.7. The molecule has 152 valence electrons. The zero-order valence-electron chi connectivity index (χ0n) is 16.3. The minimum absolute atomic E-state index is 0.0961. The molecule has 1 fully saturated rings. The molecular weight excluding hydrogens is 383 g/mol. The number of nitrogens with one attached hydrogen (secondary N) is 2. The van der Waals surface area contributed by atoms with Gasteiger partial charge in [0.05, 0.1) is 11.0 Å². The highest BCUT2D eigenvalue weighted by atomic mass is 19.1. The number of ketones is 1. The number of amides is 1. The summed E-state index contributed by atoms with van der Waals surface area (Å²) >= 11 is 0. The number of carbonyl (C=O) groups is 2. The fourth-order valence-electron chi connectivity index (χ4n) is 3.26. The Bertz CT molecular complexity index is 1030. The molecule has 0 radical (unpaired) electrons. The van der Waals surface area contributed by atoms with Crippen LogP contribution >= 0.6 is 0 Å². The number of carbonyl (C=O) groups excluding carboxylic acids is 2. The number of rotatable bonds is 8. The first-order chi connectivity index (χ1) is 14.5. The van der Waals surface area contributed by atoms with Gasteiger partial charge in [-0.25, -0.2) is 14.4 Å². The largest absolute Gasteiger partial charge is 0.356 e. The molecular formula is C23H21FN4O2. The van der Waals surface area contributed by atoms with Crippen LogP contribution in [0.1, 0.15) is 35.2 Å². The molecule has 2 N–H and O–H groups in total. The molecule has 0 bridgehead atoms. The van der Waals surface area contributed by atoms with Gasteiger partial charge >= 0.3 is 0 Å². The van der Waals surface area contributed by atoms with Gasteiger partial charge in [0.25, 0.3) is 0 Å². The molecule has 1 aliphatic carbocycles. The number of aromatic nitrogens is 2. The van der Waals surface area contributed by atoms with Crippen molar-refractivity contribution in [2.45, 2.75) is 25.8 Å². The van der Waals surface area contributed by atoms with Gasteiger partial charge in [0, 0.05) is 36.7 Å². The molecule has 1 heterocycles. The van der Waals surface area contributed by atoms with E-state index in [2.05, 4.69) is 20.6 Å².